The summed E-state index contributed by atoms with van der Waals surface area (Å²) in [6.45, 7) is 1.31. The summed E-state index contributed by atoms with van der Waals surface area (Å²) in [7, 11) is 1.56. The third-order valence-corrected chi connectivity index (χ3v) is 5.95. The molecule has 0 unspecified atom stereocenters. The molecular weight excluding hydrogens is 414 g/mol. The van der Waals surface area contributed by atoms with Crippen molar-refractivity contribution in [2.45, 2.75) is 25.3 Å². The maximum Gasteiger partial charge on any atom is 0.255 e. The molecule has 1 heterocycles. The number of para-hydroxylation sites is 2. The summed E-state index contributed by atoms with van der Waals surface area (Å²) in [5.74, 6) is 0.321. The van der Waals surface area contributed by atoms with Crippen LogP contribution in [0, 0.1) is 0 Å². The number of anilines is 2. The maximum atomic E-state index is 12.7. The zero-order valence-corrected chi connectivity index (χ0v) is 18.8. The van der Waals surface area contributed by atoms with E-state index in [1.807, 2.05) is 18.2 Å². The minimum Gasteiger partial charge on any atom is -0.495 e. The summed E-state index contributed by atoms with van der Waals surface area (Å²) >= 11 is 0. The van der Waals surface area contributed by atoms with Gasteiger partial charge in [-0.05, 0) is 67.8 Å². The van der Waals surface area contributed by atoms with Gasteiger partial charge in [-0.1, -0.05) is 42.5 Å². The van der Waals surface area contributed by atoms with Crippen molar-refractivity contribution in [1.29, 1.82) is 0 Å². The van der Waals surface area contributed by atoms with Gasteiger partial charge in [0, 0.05) is 17.3 Å². The van der Waals surface area contributed by atoms with Gasteiger partial charge in [0.1, 0.15) is 5.75 Å². The molecule has 6 nitrogen and oxygen atoms in total. The Balaban J connectivity index is 1.31. The number of methoxy groups -OCH3 is 1. The van der Waals surface area contributed by atoms with Crippen LogP contribution in [0.1, 0.15) is 28.8 Å². The molecule has 3 aromatic rings. The van der Waals surface area contributed by atoms with Crippen molar-refractivity contribution in [3.63, 3.8) is 0 Å². The Morgan fingerprint density at radius 2 is 1.67 bits per heavy atom. The van der Waals surface area contributed by atoms with E-state index in [1.54, 1.807) is 43.5 Å². The number of nitrogens with zero attached hydrogens (tertiary/aromatic N) is 1. The molecule has 2 N–H and O–H groups in total. The zero-order valence-electron chi connectivity index (χ0n) is 18.8. The minimum atomic E-state index is -0.238. The lowest BCUT2D eigenvalue weighted by Crippen LogP contribution is -2.37. The molecule has 0 radical (unpaired) electrons. The van der Waals surface area contributed by atoms with Crippen LogP contribution in [-0.2, 0) is 11.2 Å². The van der Waals surface area contributed by atoms with Gasteiger partial charge in [0.15, 0.2) is 0 Å². The Morgan fingerprint density at radius 3 is 2.42 bits per heavy atom. The first kappa shape index (κ1) is 22.6. The van der Waals surface area contributed by atoms with Crippen molar-refractivity contribution >= 4 is 23.2 Å². The molecule has 0 bridgehead atoms. The van der Waals surface area contributed by atoms with Gasteiger partial charge in [0.2, 0.25) is 5.91 Å². The van der Waals surface area contributed by atoms with Gasteiger partial charge in [-0.2, -0.15) is 0 Å². The fourth-order valence-corrected chi connectivity index (χ4v) is 4.25. The van der Waals surface area contributed by atoms with Crippen LogP contribution >= 0.6 is 0 Å². The molecule has 0 saturated carbocycles. The number of ether oxygens (including phenoxy) is 1. The number of amides is 2. The summed E-state index contributed by atoms with van der Waals surface area (Å²) in [6, 6.07) is 25.0. The molecule has 1 fully saturated rings. The molecule has 1 saturated heterocycles. The lowest BCUT2D eigenvalue weighted by atomic mass is 10.0. The molecule has 6 heteroatoms. The van der Waals surface area contributed by atoms with E-state index in [0.717, 1.165) is 25.8 Å². The summed E-state index contributed by atoms with van der Waals surface area (Å²) in [4.78, 5) is 27.5. The van der Waals surface area contributed by atoms with Crippen LogP contribution in [0.4, 0.5) is 11.4 Å². The summed E-state index contributed by atoms with van der Waals surface area (Å²) in [5.41, 5.74) is 3.09. The molecule has 170 valence electrons. The lowest BCUT2D eigenvalue weighted by Gasteiger charge is -2.24. The van der Waals surface area contributed by atoms with Gasteiger partial charge < -0.3 is 15.4 Å². The average Bonchev–Trinajstić information content (AvgIpc) is 3.26. The van der Waals surface area contributed by atoms with Gasteiger partial charge >= 0.3 is 0 Å². The molecule has 4 rings (SSSR count). The van der Waals surface area contributed by atoms with Gasteiger partial charge in [-0.3, -0.25) is 14.5 Å². The van der Waals surface area contributed by atoms with E-state index in [4.69, 9.17) is 4.74 Å². The second-order valence-electron chi connectivity index (χ2n) is 8.24. The van der Waals surface area contributed by atoms with Gasteiger partial charge in [0.25, 0.3) is 5.91 Å². The molecule has 3 aromatic carbocycles. The topological polar surface area (TPSA) is 70.7 Å². The van der Waals surface area contributed by atoms with Crippen molar-refractivity contribution in [2.24, 2.45) is 0 Å². The number of likely N-dealkylation sites (tertiary alicyclic amines) is 1. The Morgan fingerprint density at radius 1 is 0.939 bits per heavy atom. The highest BCUT2D eigenvalue weighted by molar-refractivity contribution is 6.05. The fraction of sp³-hybridized carbons (Fsp3) is 0.259. The molecule has 0 aliphatic carbocycles. The molecule has 33 heavy (non-hydrogen) atoms. The van der Waals surface area contributed by atoms with Crippen molar-refractivity contribution in [1.82, 2.24) is 4.90 Å². The van der Waals surface area contributed by atoms with Crippen LogP contribution in [0.15, 0.2) is 78.9 Å². The summed E-state index contributed by atoms with van der Waals surface area (Å²) in [6.07, 6.45) is 3.18. The predicted octanol–water partition coefficient (Wildman–Crippen LogP) is 4.59. The SMILES string of the molecule is COc1ccccc1NC(=O)c1ccc(NC(=O)CN2CCC[C@@H]2Cc2ccccc2)cc1. The van der Waals surface area contributed by atoms with E-state index in [-0.39, 0.29) is 11.8 Å². The van der Waals surface area contributed by atoms with Crippen molar-refractivity contribution in [2.75, 3.05) is 30.8 Å². The van der Waals surface area contributed by atoms with Gasteiger partial charge in [-0.15, -0.1) is 0 Å². The number of rotatable bonds is 8. The monoisotopic (exact) mass is 443 g/mol. The van der Waals surface area contributed by atoms with Gasteiger partial charge in [-0.25, -0.2) is 0 Å². The standard InChI is InChI=1S/C27H29N3O3/c1-33-25-12-6-5-11-24(25)29-27(32)21-13-15-22(16-14-21)28-26(31)19-30-17-7-10-23(30)18-20-8-3-2-4-9-20/h2-6,8-9,11-16,23H,7,10,17-19H2,1H3,(H,28,31)(H,29,32)/t23-/m1/s1. The largest absolute Gasteiger partial charge is 0.495 e. The highest BCUT2D eigenvalue weighted by atomic mass is 16.5. The second-order valence-corrected chi connectivity index (χ2v) is 8.24. The Labute approximate surface area is 194 Å². The number of carbonyl (C=O) groups excluding carboxylic acids is 2. The highest BCUT2D eigenvalue weighted by Gasteiger charge is 2.26. The normalized spacial score (nSPS) is 15.7. The lowest BCUT2D eigenvalue weighted by molar-refractivity contribution is -0.117. The van der Waals surface area contributed by atoms with Crippen molar-refractivity contribution < 1.29 is 14.3 Å². The van der Waals surface area contributed by atoms with E-state index in [0.29, 0.717) is 35.3 Å². The first-order chi connectivity index (χ1) is 16.1. The average molecular weight is 444 g/mol. The molecule has 2 amide bonds. The van der Waals surface area contributed by atoms with Crippen molar-refractivity contribution in [3.8, 4) is 5.75 Å². The Bertz CT molecular complexity index is 1080. The van der Waals surface area contributed by atoms with E-state index in [1.165, 1.54) is 5.56 Å². The van der Waals surface area contributed by atoms with Crippen LogP contribution in [0.3, 0.4) is 0 Å². The van der Waals surface area contributed by atoms with E-state index in [2.05, 4.69) is 39.8 Å². The van der Waals surface area contributed by atoms with E-state index < -0.39 is 0 Å². The first-order valence-electron chi connectivity index (χ1n) is 11.2. The van der Waals surface area contributed by atoms with Gasteiger partial charge in [0.05, 0.1) is 19.3 Å². The third kappa shape index (κ3) is 5.99. The minimum absolute atomic E-state index is 0.0406. The van der Waals surface area contributed by atoms with Crippen LogP contribution in [0.2, 0.25) is 0 Å². The fourth-order valence-electron chi connectivity index (χ4n) is 4.25. The number of benzene rings is 3. The highest BCUT2D eigenvalue weighted by Crippen LogP contribution is 2.24. The molecule has 1 atom stereocenters. The third-order valence-electron chi connectivity index (χ3n) is 5.95. The Kier molecular flexibility index (Phi) is 7.37. The van der Waals surface area contributed by atoms with Crippen molar-refractivity contribution in [3.05, 3.63) is 90.0 Å². The summed E-state index contributed by atoms with van der Waals surface area (Å²) < 4.78 is 5.27. The van der Waals surface area contributed by atoms with Crippen LogP contribution in [0.25, 0.3) is 0 Å². The van der Waals surface area contributed by atoms with E-state index >= 15 is 0 Å². The van der Waals surface area contributed by atoms with Crippen LogP contribution in [-0.4, -0.2) is 43.0 Å². The number of hydrogen-bond acceptors (Lipinski definition) is 4. The molecule has 0 aromatic heterocycles. The summed E-state index contributed by atoms with van der Waals surface area (Å²) in [5, 5.41) is 5.81. The number of carbonyl (C=O) groups is 2. The number of nitrogens with one attached hydrogen (secondary N) is 2. The smallest absolute Gasteiger partial charge is 0.255 e. The molecule has 1 aliphatic rings. The second kappa shape index (κ2) is 10.8. The molecule has 1 aliphatic heterocycles. The van der Waals surface area contributed by atoms with Crippen LogP contribution in [0.5, 0.6) is 5.75 Å². The van der Waals surface area contributed by atoms with E-state index in [9.17, 15) is 9.59 Å². The zero-order chi connectivity index (χ0) is 23.0. The first-order valence-corrected chi connectivity index (χ1v) is 11.2. The number of hydrogen-bond donors (Lipinski definition) is 2. The predicted molar refractivity (Wildman–Crippen MR) is 131 cm³/mol. The molecule has 0 spiro atoms. The quantitative estimate of drug-likeness (QED) is 0.534. The van der Waals surface area contributed by atoms with Crippen LogP contribution < -0.4 is 15.4 Å². The Hall–Kier alpha value is -3.64. The maximum absolute atomic E-state index is 12.7. The molecular formula is C27H29N3O3.